The van der Waals surface area contributed by atoms with Gasteiger partial charge in [0.05, 0.1) is 56.7 Å². The Morgan fingerprint density at radius 1 is 0.303 bits per heavy atom. The number of esters is 9. The minimum atomic E-state index is -3.26. The minimum Gasteiger partial charge on any atom is -0.459 e. The Labute approximate surface area is 686 Å². The van der Waals surface area contributed by atoms with Crippen molar-refractivity contribution in [3.8, 4) is 0 Å². The highest BCUT2D eigenvalue weighted by atomic mass is 31.1. The van der Waals surface area contributed by atoms with E-state index in [1.807, 2.05) is 6.08 Å². The maximum absolute atomic E-state index is 15.4. The molecule has 0 radical (unpaired) electrons. The fourth-order valence-electron chi connectivity index (χ4n) is 13.3. The van der Waals surface area contributed by atoms with E-state index in [-0.39, 0.29) is 56.7 Å². The zero-order valence-electron chi connectivity index (χ0n) is 64.2. The number of hydrogen-bond donors (Lipinski definition) is 1. The van der Waals surface area contributed by atoms with Crippen molar-refractivity contribution in [2.24, 2.45) is 0 Å². The summed E-state index contributed by atoms with van der Waals surface area (Å²) in [6, 6.07) is 67.6. The Bertz CT molecular complexity index is 4810. The Morgan fingerprint density at radius 2 is 0.555 bits per heavy atom. The first-order valence-corrected chi connectivity index (χ1v) is 39.7. The molecule has 16 atom stereocenters. The van der Waals surface area contributed by atoms with E-state index in [0.717, 1.165) is 32.1 Å². The van der Waals surface area contributed by atoms with Crippen LogP contribution in [0.3, 0.4) is 0 Å². The van der Waals surface area contributed by atoms with E-state index < -0.39 is 174 Å². The van der Waals surface area contributed by atoms with Crippen molar-refractivity contribution < 1.29 is 128 Å². The van der Waals surface area contributed by atoms with Crippen molar-refractivity contribution >= 4 is 62.0 Å². The standard InChI is InChI=1S/C91H86O27P/c1-2-3-4-5-6-7-8-36-55-105-119(102)118-91-79(115-88(101)67-53-34-17-35-54-67)75(112-85(98)64-47-28-14-29-48-64)73(70(108-91)58-104-81(94)60-39-20-10-21-40-60)116-89-78(114-87(100)66-51-32-16-33-52-66)76(71(68(56-92)106-89)109-82(95)61-41-22-11-23-42-61)117-90-77(113-86(99)65-49-30-15-31-50-65)74(111-84(97)63-45-26-13-27-46-63)72(110-83(96)62-43-24-12-25-44-62)69(107-90)57-103-80(93)59-37-18-9-19-38-59/h2,9-35,37-54,68-79,89-92H,1,3-8,36,55-58H2/q+1/t68-,69-,70-,71+,72+,73-,74+,75+,76+,77-,78-,79+,89+,90+,91-/m1/s1. The average molecular weight is 1640 g/mol. The van der Waals surface area contributed by atoms with Gasteiger partial charge in [0, 0.05) is 4.57 Å². The number of carbonyl (C=O) groups excluding carboxylic acids is 9. The van der Waals surface area contributed by atoms with Crippen LogP contribution in [-0.2, 0) is 79.9 Å². The van der Waals surface area contributed by atoms with Gasteiger partial charge in [0.25, 0.3) is 6.29 Å². The Kier molecular flexibility index (Phi) is 31.7. The van der Waals surface area contributed by atoms with Crippen LogP contribution >= 0.6 is 8.25 Å². The Morgan fingerprint density at radius 3 is 0.899 bits per heavy atom. The molecule has 1 N–H and O–H groups in total. The molecule has 3 aliphatic heterocycles. The normalized spacial score (nSPS) is 22.7. The molecule has 0 bridgehead atoms. The van der Waals surface area contributed by atoms with Gasteiger partial charge in [0.15, 0.2) is 55.3 Å². The summed E-state index contributed by atoms with van der Waals surface area (Å²) in [6.07, 6.45) is -24.4. The first-order valence-electron chi connectivity index (χ1n) is 38.6. The lowest BCUT2D eigenvalue weighted by atomic mass is 9.94. The molecule has 0 spiro atoms. The third-order valence-corrected chi connectivity index (χ3v) is 20.0. The van der Waals surface area contributed by atoms with Crippen molar-refractivity contribution in [2.45, 2.75) is 137 Å². The number of benzene rings is 9. The van der Waals surface area contributed by atoms with E-state index in [1.54, 1.807) is 91.0 Å². The number of carbonyl (C=O) groups is 9. The molecular weight excluding hydrogens is 1560 g/mol. The number of aliphatic hydroxyl groups excluding tert-OH is 1. The molecule has 3 aliphatic rings. The van der Waals surface area contributed by atoms with Crippen LogP contribution in [0.5, 0.6) is 0 Å². The van der Waals surface area contributed by atoms with Crippen LogP contribution in [0.2, 0.25) is 0 Å². The van der Waals surface area contributed by atoms with Crippen molar-refractivity contribution in [1.82, 2.24) is 0 Å². The van der Waals surface area contributed by atoms with Crippen LogP contribution in [0.4, 0.5) is 0 Å². The number of hydrogen-bond acceptors (Lipinski definition) is 27. The predicted molar refractivity (Wildman–Crippen MR) is 423 cm³/mol. The quantitative estimate of drug-likeness (QED) is 0.0124. The third kappa shape index (κ3) is 23.8. The lowest BCUT2D eigenvalue weighted by Crippen LogP contribution is -2.69. The summed E-state index contributed by atoms with van der Waals surface area (Å²) in [5.41, 5.74) is -0.596. The molecule has 1 unspecified atom stereocenters. The van der Waals surface area contributed by atoms with Gasteiger partial charge in [-0.05, 0) is 128 Å². The molecular formula is C91H86O27P+. The summed E-state index contributed by atoms with van der Waals surface area (Å²) in [4.78, 5) is 134. The van der Waals surface area contributed by atoms with E-state index in [0.29, 0.717) is 12.8 Å². The third-order valence-electron chi connectivity index (χ3n) is 19.3. The van der Waals surface area contributed by atoms with Crippen molar-refractivity contribution in [3.63, 3.8) is 0 Å². The molecule has 9 aromatic carbocycles. The molecule has 0 saturated carbocycles. The van der Waals surface area contributed by atoms with E-state index in [1.165, 1.54) is 182 Å². The zero-order valence-corrected chi connectivity index (χ0v) is 65.1. The molecule has 0 amide bonds. The summed E-state index contributed by atoms with van der Waals surface area (Å²) in [5, 5.41) is 12.0. The second-order valence-corrected chi connectivity index (χ2v) is 28.4. The van der Waals surface area contributed by atoms with Gasteiger partial charge in [0.2, 0.25) is 0 Å². The lowest BCUT2D eigenvalue weighted by Gasteiger charge is -2.50. The zero-order chi connectivity index (χ0) is 83.2. The summed E-state index contributed by atoms with van der Waals surface area (Å²) in [7, 11) is -3.26. The van der Waals surface area contributed by atoms with Crippen molar-refractivity contribution in [1.29, 1.82) is 0 Å². The van der Waals surface area contributed by atoms with Crippen molar-refractivity contribution in [3.05, 3.63) is 336 Å². The largest absolute Gasteiger partial charge is 0.700 e. The van der Waals surface area contributed by atoms with Gasteiger partial charge in [0.1, 0.15) is 50.3 Å². The molecule has 0 aliphatic carbocycles. The van der Waals surface area contributed by atoms with Gasteiger partial charge in [-0.1, -0.05) is 200 Å². The predicted octanol–water partition coefficient (Wildman–Crippen LogP) is 13.8. The molecule has 0 aromatic heterocycles. The van der Waals surface area contributed by atoms with Gasteiger partial charge in [-0.2, -0.15) is 0 Å². The summed E-state index contributed by atoms with van der Waals surface area (Å²) in [6.45, 7) is 0.723. The monoisotopic (exact) mass is 1640 g/mol. The first kappa shape index (κ1) is 86.1. The molecule has 3 saturated heterocycles. The number of ether oxygens (including phenoxy) is 14. The topological polar surface area (TPSA) is 339 Å². The molecule has 28 heteroatoms. The van der Waals surface area contributed by atoms with Crippen molar-refractivity contribution in [2.75, 3.05) is 26.4 Å². The summed E-state index contributed by atoms with van der Waals surface area (Å²) >= 11 is 0. The molecule has 9 aromatic rings. The highest BCUT2D eigenvalue weighted by molar-refractivity contribution is 7.33. The second kappa shape index (κ2) is 43.8. The number of unbranched alkanes of at least 4 members (excludes halogenated alkanes) is 6. The van der Waals surface area contributed by atoms with E-state index in [2.05, 4.69) is 6.58 Å². The van der Waals surface area contributed by atoms with Gasteiger partial charge in [-0.3, -0.25) is 0 Å². The fraction of sp³-hybridized carbons (Fsp3) is 0.286. The maximum atomic E-state index is 15.4. The van der Waals surface area contributed by atoms with Gasteiger partial charge in [-0.15, -0.1) is 11.1 Å². The lowest BCUT2D eigenvalue weighted by molar-refractivity contribution is -0.374. The highest BCUT2D eigenvalue weighted by Gasteiger charge is 2.62. The number of allylic oxidation sites excluding steroid dienone is 1. The highest BCUT2D eigenvalue weighted by Crippen LogP contribution is 2.42. The number of aliphatic hydroxyl groups is 1. The Balaban J connectivity index is 1.03. The van der Waals surface area contributed by atoms with Crippen LogP contribution < -0.4 is 0 Å². The Hall–Kier alpha value is -12.3. The molecule has 12 rings (SSSR count). The second-order valence-electron chi connectivity index (χ2n) is 27.5. The molecule has 616 valence electrons. The van der Waals surface area contributed by atoms with Crippen LogP contribution in [0.1, 0.15) is 138 Å². The van der Waals surface area contributed by atoms with Gasteiger partial charge >= 0.3 is 62.0 Å². The van der Waals surface area contributed by atoms with E-state index in [9.17, 15) is 28.8 Å². The summed E-state index contributed by atoms with van der Waals surface area (Å²) < 4.78 is 118. The van der Waals surface area contributed by atoms with Crippen LogP contribution in [-0.4, -0.2) is 177 Å². The van der Waals surface area contributed by atoms with Gasteiger partial charge < -0.3 is 71.4 Å². The SMILES string of the molecule is C=CCCCCCCCCO[P+](=O)O[C@H]1O[C@H](COC(=O)c2ccccc2)[C@@H](O[C@@H]2O[C@H](CO)[C@H](OC(=O)c3ccccc3)[C@H](O[C@@H]3O[C@H](COC(=O)c4ccccc4)[C@H](OC(=O)c4ccccc4)[C@H](OC(=O)c4ccccc4)[C@H]3OC(=O)c3ccccc3)[C@H]2OC(=O)c2ccccc2)[C@H](OC(=O)c2ccccc2)[C@@H]1OC(=O)c1ccccc1. The smallest absolute Gasteiger partial charge is 0.459 e. The average Bonchev–Trinajstić information content (AvgIpc) is 0.755. The van der Waals surface area contributed by atoms with E-state index >= 15 is 24.0 Å². The molecule has 3 fully saturated rings. The van der Waals surface area contributed by atoms with Crippen LogP contribution in [0.15, 0.2) is 286 Å². The first-order chi connectivity index (χ1) is 58.1. The molecule has 119 heavy (non-hydrogen) atoms. The summed E-state index contributed by atoms with van der Waals surface area (Å²) in [5.74, 6) is -9.75. The van der Waals surface area contributed by atoms with E-state index in [4.69, 9.17) is 75.4 Å². The number of rotatable bonds is 37. The molecule has 27 nitrogen and oxygen atoms in total. The van der Waals surface area contributed by atoms with Crippen LogP contribution in [0, 0.1) is 0 Å². The fourth-order valence-corrected chi connectivity index (χ4v) is 13.9. The minimum absolute atomic E-state index is 0.0287. The van der Waals surface area contributed by atoms with Crippen LogP contribution in [0.25, 0.3) is 0 Å². The van der Waals surface area contributed by atoms with Gasteiger partial charge in [-0.25, -0.2) is 43.2 Å². The maximum Gasteiger partial charge on any atom is 0.700 e. The molecule has 3 heterocycles.